The Labute approximate surface area is 113 Å². The Hall–Kier alpha value is -2.07. The maximum absolute atomic E-state index is 11.5. The molecular formula is C15H16N2O2. The van der Waals surface area contributed by atoms with Gasteiger partial charge >= 0.3 is 5.97 Å². The van der Waals surface area contributed by atoms with Gasteiger partial charge in [0.15, 0.2) is 0 Å². The van der Waals surface area contributed by atoms with Gasteiger partial charge in [0.25, 0.3) is 0 Å². The first-order valence-corrected chi connectivity index (χ1v) is 6.36. The maximum Gasteiger partial charge on any atom is 0.334 e. The summed E-state index contributed by atoms with van der Waals surface area (Å²) < 4.78 is 4.90. The van der Waals surface area contributed by atoms with E-state index >= 15 is 0 Å². The number of nitriles is 2. The van der Waals surface area contributed by atoms with Gasteiger partial charge in [-0.1, -0.05) is 13.8 Å². The van der Waals surface area contributed by atoms with Crippen molar-refractivity contribution in [3.63, 3.8) is 0 Å². The van der Waals surface area contributed by atoms with Gasteiger partial charge < -0.3 is 4.74 Å². The van der Waals surface area contributed by atoms with Crippen LogP contribution in [-0.2, 0) is 9.53 Å². The molecule has 0 amide bonds. The first-order chi connectivity index (χ1) is 8.96. The molecule has 1 atom stereocenters. The third kappa shape index (κ3) is 2.69. The maximum atomic E-state index is 11.5. The fourth-order valence-corrected chi connectivity index (χ4v) is 3.00. The molecule has 0 aromatic carbocycles. The van der Waals surface area contributed by atoms with Gasteiger partial charge in [0.05, 0.1) is 0 Å². The van der Waals surface area contributed by atoms with Crippen molar-refractivity contribution in [1.29, 1.82) is 10.5 Å². The molecule has 1 unspecified atom stereocenters. The predicted octanol–water partition coefficient (Wildman–Crippen LogP) is 2.64. The van der Waals surface area contributed by atoms with Gasteiger partial charge in [-0.15, -0.1) is 0 Å². The topological polar surface area (TPSA) is 73.9 Å². The van der Waals surface area contributed by atoms with Crippen LogP contribution in [0, 0.1) is 34.0 Å². The first kappa shape index (κ1) is 13.4. The van der Waals surface area contributed by atoms with Crippen molar-refractivity contribution in [1.82, 2.24) is 0 Å². The van der Waals surface area contributed by atoms with E-state index in [1.165, 1.54) is 0 Å². The molecule has 1 saturated carbocycles. The average Bonchev–Trinajstić information content (AvgIpc) is 2.86. The minimum Gasteiger partial charge on any atom is -0.458 e. The minimum absolute atomic E-state index is 0.0714. The highest BCUT2D eigenvalue weighted by atomic mass is 16.5. The fourth-order valence-electron chi connectivity index (χ4n) is 3.00. The van der Waals surface area contributed by atoms with Crippen LogP contribution in [0.25, 0.3) is 0 Å². The Morgan fingerprint density at radius 1 is 1.47 bits per heavy atom. The lowest BCUT2D eigenvalue weighted by atomic mass is 9.88. The average molecular weight is 256 g/mol. The number of nitrogens with zero attached hydrogens (tertiary/aromatic N) is 2. The van der Waals surface area contributed by atoms with E-state index in [1.807, 2.05) is 12.1 Å². The predicted molar refractivity (Wildman–Crippen MR) is 68.4 cm³/mol. The van der Waals surface area contributed by atoms with E-state index in [1.54, 1.807) is 6.08 Å². The molecule has 0 N–H and O–H groups in total. The summed E-state index contributed by atoms with van der Waals surface area (Å²) in [6, 6.07) is 3.96. The van der Waals surface area contributed by atoms with Gasteiger partial charge in [0.1, 0.15) is 24.3 Å². The van der Waals surface area contributed by atoms with Crippen LogP contribution in [0.5, 0.6) is 0 Å². The second kappa shape index (κ2) is 4.90. The molecule has 98 valence electrons. The minimum atomic E-state index is -0.264. The van der Waals surface area contributed by atoms with Crippen LogP contribution in [-0.4, -0.2) is 12.6 Å². The summed E-state index contributed by atoms with van der Waals surface area (Å²) in [5.41, 5.74) is 1.86. The Kier molecular flexibility index (Phi) is 3.44. The number of carbonyl (C=O) groups is 1. The summed E-state index contributed by atoms with van der Waals surface area (Å²) in [6.07, 6.45) is 4.00. The van der Waals surface area contributed by atoms with E-state index in [-0.39, 0.29) is 22.9 Å². The molecule has 0 saturated heterocycles. The molecule has 1 aliphatic heterocycles. The van der Waals surface area contributed by atoms with Crippen LogP contribution >= 0.6 is 0 Å². The summed E-state index contributed by atoms with van der Waals surface area (Å²) in [4.78, 5) is 11.5. The standard InChI is InChI=1S/C15H16N2O2/c1-15(2)6-11(5-10-3-4-19-14(10)18)13(7-15)12(8-16)9-17/h3,11H,4-7H2,1-2H3. The molecule has 2 rings (SSSR count). The molecule has 19 heavy (non-hydrogen) atoms. The Morgan fingerprint density at radius 2 is 2.16 bits per heavy atom. The number of cyclic esters (lactones) is 1. The smallest absolute Gasteiger partial charge is 0.334 e. The molecule has 1 aliphatic carbocycles. The Morgan fingerprint density at radius 3 is 2.68 bits per heavy atom. The van der Waals surface area contributed by atoms with E-state index in [2.05, 4.69) is 13.8 Å². The van der Waals surface area contributed by atoms with Gasteiger partial charge in [0, 0.05) is 5.57 Å². The second-order valence-electron chi connectivity index (χ2n) is 5.90. The molecule has 0 aromatic heterocycles. The van der Waals surface area contributed by atoms with Gasteiger partial charge in [-0.05, 0) is 42.2 Å². The van der Waals surface area contributed by atoms with Crippen molar-refractivity contribution in [2.75, 3.05) is 6.61 Å². The SMILES string of the molecule is CC1(C)CC(=C(C#N)C#N)C(CC2=CCOC2=O)C1. The summed E-state index contributed by atoms with van der Waals surface area (Å²) in [5.74, 6) is -0.166. The molecule has 0 aromatic rings. The molecular weight excluding hydrogens is 240 g/mol. The Balaban J connectivity index is 2.28. The normalized spacial score (nSPS) is 24.4. The van der Waals surface area contributed by atoms with Crippen molar-refractivity contribution in [3.8, 4) is 12.1 Å². The lowest BCUT2D eigenvalue weighted by Crippen LogP contribution is -2.08. The molecule has 1 heterocycles. The van der Waals surface area contributed by atoms with Crippen LogP contribution in [0.3, 0.4) is 0 Å². The third-order valence-electron chi connectivity index (χ3n) is 3.78. The van der Waals surface area contributed by atoms with Gasteiger partial charge in [-0.25, -0.2) is 4.79 Å². The highest BCUT2D eigenvalue weighted by Crippen LogP contribution is 2.48. The first-order valence-electron chi connectivity index (χ1n) is 6.36. The molecule has 4 nitrogen and oxygen atoms in total. The lowest BCUT2D eigenvalue weighted by Gasteiger charge is -2.16. The van der Waals surface area contributed by atoms with Crippen LogP contribution in [0.2, 0.25) is 0 Å². The summed E-state index contributed by atoms with van der Waals surface area (Å²) in [7, 11) is 0. The summed E-state index contributed by atoms with van der Waals surface area (Å²) >= 11 is 0. The number of carbonyl (C=O) groups excluding carboxylic acids is 1. The summed E-state index contributed by atoms with van der Waals surface area (Å²) in [6.45, 7) is 4.59. The van der Waals surface area contributed by atoms with E-state index < -0.39 is 0 Å². The number of hydrogen-bond donors (Lipinski definition) is 0. The van der Waals surface area contributed by atoms with Crippen LogP contribution in [0.4, 0.5) is 0 Å². The zero-order valence-electron chi connectivity index (χ0n) is 11.2. The fraction of sp³-hybridized carbons (Fsp3) is 0.533. The highest BCUT2D eigenvalue weighted by molar-refractivity contribution is 5.90. The quantitative estimate of drug-likeness (QED) is 0.562. The van der Waals surface area contributed by atoms with Crippen molar-refractivity contribution in [3.05, 3.63) is 22.8 Å². The van der Waals surface area contributed by atoms with Crippen LogP contribution < -0.4 is 0 Å². The lowest BCUT2D eigenvalue weighted by molar-refractivity contribution is -0.136. The zero-order chi connectivity index (χ0) is 14.0. The van der Waals surface area contributed by atoms with Gasteiger partial charge in [0.2, 0.25) is 0 Å². The number of esters is 1. The van der Waals surface area contributed by atoms with Crippen molar-refractivity contribution in [2.24, 2.45) is 11.3 Å². The van der Waals surface area contributed by atoms with Crippen LogP contribution in [0.15, 0.2) is 22.8 Å². The van der Waals surface area contributed by atoms with Gasteiger partial charge in [-0.2, -0.15) is 10.5 Å². The molecule has 0 radical (unpaired) electrons. The number of hydrogen-bond acceptors (Lipinski definition) is 4. The van der Waals surface area contributed by atoms with Crippen molar-refractivity contribution >= 4 is 5.97 Å². The van der Waals surface area contributed by atoms with Crippen molar-refractivity contribution < 1.29 is 9.53 Å². The largest absolute Gasteiger partial charge is 0.458 e. The number of ether oxygens (including phenoxy) is 1. The molecule has 2 aliphatic rings. The molecule has 4 heteroatoms. The van der Waals surface area contributed by atoms with E-state index in [9.17, 15) is 4.79 Å². The van der Waals surface area contributed by atoms with Gasteiger partial charge in [-0.3, -0.25) is 0 Å². The molecule has 0 spiro atoms. The molecule has 0 bridgehead atoms. The number of rotatable bonds is 2. The van der Waals surface area contributed by atoms with E-state index in [0.29, 0.717) is 18.6 Å². The van der Waals surface area contributed by atoms with E-state index in [4.69, 9.17) is 15.3 Å². The second-order valence-corrected chi connectivity index (χ2v) is 5.90. The third-order valence-corrected chi connectivity index (χ3v) is 3.78. The highest BCUT2D eigenvalue weighted by Gasteiger charge is 2.38. The van der Waals surface area contributed by atoms with Crippen LogP contribution in [0.1, 0.15) is 33.1 Å². The molecule has 1 fully saturated rings. The van der Waals surface area contributed by atoms with E-state index in [0.717, 1.165) is 18.4 Å². The zero-order valence-corrected chi connectivity index (χ0v) is 11.2. The summed E-state index contributed by atoms with van der Waals surface area (Å²) in [5, 5.41) is 18.1. The monoisotopic (exact) mass is 256 g/mol. The Bertz CT molecular complexity index is 540. The number of allylic oxidation sites excluding steroid dienone is 2. The van der Waals surface area contributed by atoms with Crippen molar-refractivity contribution in [2.45, 2.75) is 33.1 Å².